The highest BCUT2D eigenvalue weighted by atomic mass is 32.1. The second-order valence-electron chi connectivity index (χ2n) is 8.93. The molecule has 0 radical (unpaired) electrons. The zero-order valence-electron chi connectivity index (χ0n) is 21.7. The molecule has 11 heteroatoms. The van der Waals surface area contributed by atoms with Crippen molar-refractivity contribution in [3.63, 3.8) is 0 Å². The third kappa shape index (κ3) is 3.99. The van der Waals surface area contributed by atoms with Gasteiger partial charge in [-0.1, -0.05) is 11.3 Å². The summed E-state index contributed by atoms with van der Waals surface area (Å²) >= 11 is 1.40. The van der Waals surface area contributed by atoms with E-state index < -0.39 is 0 Å². The number of benzene rings is 2. The maximum absolute atomic E-state index is 5.76. The number of fused-ring (bicyclic) bond motifs is 1. The van der Waals surface area contributed by atoms with E-state index in [0.29, 0.717) is 39.2 Å². The number of nitrogens with zero attached hydrogens (tertiary/aromatic N) is 4. The van der Waals surface area contributed by atoms with Gasteiger partial charge in [0.15, 0.2) is 28.1 Å². The molecule has 3 heterocycles. The molecule has 38 heavy (non-hydrogen) atoms. The molecule has 1 saturated carbocycles. The van der Waals surface area contributed by atoms with Gasteiger partial charge < -0.3 is 33.2 Å². The highest BCUT2D eigenvalue weighted by Gasteiger charge is 2.30. The number of anilines is 2. The van der Waals surface area contributed by atoms with Gasteiger partial charge in [-0.3, -0.25) is 0 Å². The molecule has 1 aliphatic carbocycles. The summed E-state index contributed by atoms with van der Waals surface area (Å²) in [5.74, 6) is 3.89. The molecule has 3 aromatic heterocycles. The molecular weight excluding hydrogens is 506 g/mol. The van der Waals surface area contributed by atoms with Crippen molar-refractivity contribution in [2.75, 3.05) is 33.8 Å². The fourth-order valence-electron chi connectivity index (χ4n) is 4.71. The van der Waals surface area contributed by atoms with E-state index in [4.69, 9.17) is 28.3 Å². The first-order chi connectivity index (χ1) is 18.6. The minimum atomic E-state index is 0.411. The molecule has 2 aromatic carbocycles. The maximum atomic E-state index is 5.76. The highest BCUT2D eigenvalue weighted by Crippen LogP contribution is 2.48. The lowest BCUT2D eigenvalue weighted by molar-refractivity contribution is 0.325. The first kappa shape index (κ1) is 24.1. The van der Waals surface area contributed by atoms with Gasteiger partial charge in [0, 0.05) is 12.1 Å². The van der Waals surface area contributed by atoms with E-state index in [1.54, 1.807) is 34.7 Å². The van der Waals surface area contributed by atoms with E-state index in [-0.39, 0.29) is 0 Å². The van der Waals surface area contributed by atoms with Crippen LogP contribution < -0.4 is 24.3 Å². The zero-order chi connectivity index (χ0) is 26.4. The summed E-state index contributed by atoms with van der Waals surface area (Å²) in [4.78, 5) is 4.92. The van der Waals surface area contributed by atoms with Gasteiger partial charge in [-0.05, 0) is 49.6 Å². The fraction of sp³-hybridized carbons (Fsp3) is 0.296. The van der Waals surface area contributed by atoms with E-state index in [0.717, 1.165) is 52.3 Å². The minimum Gasteiger partial charge on any atom is -0.494 e. The van der Waals surface area contributed by atoms with Crippen molar-refractivity contribution in [1.82, 2.24) is 19.7 Å². The summed E-state index contributed by atoms with van der Waals surface area (Å²) in [6.45, 7) is 1.97. The number of aromatic nitrogens is 4. The Labute approximate surface area is 223 Å². The third-order valence-corrected chi connectivity index (χ3v) is 7.43. The van der Waals surface area contributed by atoms with Gasteiger partial charge in [-0.2, -0.15) is 0 Å². The van der Waals surface area contributed by atoms with Crippen molar-refractivity contribution in [2.45, 2.75) is 25.8 Å². The Kier molecular flexibility index (Phi) is 6.07. The first-order valence-corrected chi connectivity index (χ1v) is 12.9. The summed E-state index contributed by atoms with van der Waals surface area (Å²) in [6, 6.07) is 10.1. The van der Waals surface area contributed by atoms with Crippen LogP contribution in [-0.4, -0.2) is 48.2 Å². The third-order valence-electron chi connectivity index (χ3n) is 6.57. The van der Waals surface area contributed by atoms with E-state index in [9.17, 15) is 0 Å². The SMILES string of the molecule is COc1cc2c(cc1Nc1nnc(-c3c(C)cc(OC)c(OC)c3OC)s1)nc(-c1ccco1)n2C1CC1. The average Bonchev–Trinajstić information content (AvgIpc) is 3.30. The number of rotatable bonds is 9. The van der Waals surface area contributed by atoms with Crippen LogP contribution >= 0.6 is 11.3 Å². The first-order valence-electron chi connectivity index (χ1n) is 12.1. The van der Waals surface area contributed by atoms with E-state index in [2.05, 4.69) is 20.1 Å². The van der Waals surface area contributed by atoms with Gasteiger partial charge in [0.1, 0.15) is 5.75 Å². The Morgan fingerprint density at radius 2 is 1.76 bits per heavy atom. The molecule has 1 fully saturated rings. The van der Waals surface area contributed by atoms with Gasteiger partial charge in [0.2, 0.25) is 10.9 Å². The van der Waals surface area contributed by atoms with Crippen LogP contribution in [0.1, 0.15) is 24.4 Å². The molecule has 196 valence electrons. The number of ether oxygens (including phenoxy) is 4. The second-order valence-corrected chi connectivity index (χ2v) is 9.91. The number of imidazole rings is 1. The summed E-state index contributed by atoms with van der Waals surface area (Å²) < 4.78 is 30.4. The molecule has 10 nitrogen and oxygen atoms in total. The van der Waals surface area contributed by atoms with Gasteiger partial charge in [-0.25, -0.2) is 4.98 Å². The quantitative estimate of drug-likeness (QED) is 0.236. The number of nitrogens with one attached hydrogen (secondary N) is 1. The van der Waals surface area contributed by atoms with E-state index >= 15 is 0 Å². The summed E-state index contributed by atoms with van der Waals surface area (Å²) in [7, 11) is 6.43. The van der Waals surface area contributed by atoms with Crippen LogP contribution in [0, 0.1) is 6.92 Å². The van der Waals surface area contributed by atoms with Crippen LogP contribution in [0.25, 0.3) is 33.2 Å². The highest BCUT2D eigenvalue weighted by molar-refractivity contribution is 7.18. The standard InChI is InChI=1S/C27H27N5O5S/c1-14-11-21(34-3)23(35-4)24(36-5)22(14)26-30-31-27(38-26)29-17-12-16-18(13-20(17)33-2)32(15-8-9-15)25(28-16)19-7-6-10-37-19/h6-7,10-13,15H,8-9H2,1-5H3,(H,29,31). The number of hydrogen-bond donors (Lipinski definition) is 1. The van der Waals surface area contributed by atoms with Gasteiger partial charge >= 0.3 is 0 Å². The minimum absolute atomic E-state index is 0.411. The predicted octanol–water partition coefficient (Wildman–Crippen LogP) is 6.24. The fourth-order valence-corrected chi connectivity index (χ4v) is 5.57. The van der Waals surface area contributed by atoms with Gasteiger partial charge in [-0.15, -0.1) is 10.2 Å². The molecular formula is C27H27N5O5S. The Morgan fingerprint density at radius 1 is 0.974 bits per heavy atom. The van der Waals surface area contributed by atoms with Crippen molar-refractivity contribution in [3.8, 4) is 45.2 Å². The van der Waals surface area contributed by atoms with Gasteiger partial charge in [0.05, 0.1) is 57.0 Å². The van der Waals surface area contributed by atoms with Crippen molar-refractivity contribution in [2.24, 2.45) is 0 Å². The summed E-state index contributed by atoms with van der Waals surface area (Å²) in [5, 5.41) is 13.5. The number of hydrogen-bond acceptors (Lipinski definition) is 10. The Bertz CT molecular complexity index is 1620. The van der Waals surface area contributed by atoms with E-state index in [1.165, 1.54) is 11.3 Å². The second kappa shape index (κ2) is 9.56. The lowest BCUT2D eigenvalue weighted by Crippen LogP contribution is -1.99. The Balaban J connectivity index is 1.39. The molecule has 0 bridgehead atoms. The van der Waals surface area contributed by atoms with Gasteiger partial charge in [0.25, 0.3) is 0 Å². The molecule has 0 spiro atoms. The molecule has 0 unspecified atom stereocenters. The predicted molar refractivity (Wildman–Crippen MR) is 145 cm³/mol. The molecule has 0 saturated heterocycles. The molecule has 1 N–H and O–H groups in total. The van der Waals surface area contributed by atoms with Crippen LogP contribution in [0.2, 0.25) is 0 Å². The van der Waals surface area contributed by atoms with Crippen LogP contribution in [-0.2, 0) is 0 Å². The molecule has 0 atom stereocenters. The number of aryl methyl sites for hydroxylation is 1. The molecule has 0 aliphatic heterocycles. The number of methoxy groups -OCH3 is 4. The summed E-state index contributed by atoms with van der Waals surface area (Å²) in [6.07, 6.45) is 3.91. The van der Waals surface area contributed by atoms with Crippen LogP contribution in [0.3, 0.4) is 0 Å². The van der Waals surface area contributed by atoms with Crippen molar-refractivity contribution in [3.05, 3.63) is 42.2 Å². The monoisotopic (exact) mass is 533 g/mol. The number of furan rings is 1. The molecule has 6 rings (SSSR count). The lowest BCUT2D eigenvalue weighted by atomic mass is 10.1. The average molecular weight is 534 g/mol. The Hall–Kier alpha value is -4.25. The topological polar surface area (TPSA) is 106 Å². The zero-order valence-corrected chi connectivity index (χ0v) is 22.5. The van der Waals surface area contributed by atoms with Crippen LogP contribution in [0.15, 0.2) is 41.0 Å². The van der Waals surface area contributed by atoms with Crippen molar-refractivity contribution >= 4 is 33.2 Å². The molecule has 1 aliphatic rings. The van der Waals surface area contributed by atoms with Crippen molar-refractivity contribution < 1.29 is 23.4 Å². The van der Waals surface area contributed by atoms with Crippen molar-refractivity contribution in [1.29, 1.82) is 0 Å². The van der Waals surface area contributed by atoms with E-state index in [1.807, 2.05) is 37.3 Å². The maximum Gasteiger partial charge on any atom is 0.210 e. The van der Waals surface area contributed by atoms with Crippen LogP contribution in [0.5, 0.6) is 23.0 Å². The largest absolute Gasteiger partial charge is 0.494 e. The summed E-state index contributed by atoms with van der Waals surface area (Å²) in [5.41, 5.74) is 4.31. The molecule has 5 aromatic rings. The normalized spacial score (nSPS) is 13.1. The van der Waals surface area contributed by atoms with Crippen LogP contribution in [0.4, 0.5) is 10.8 Å². The molecule has 0 amide bonds. The lowest BCUT2D eigenvalue weighted by Gasteiger charge is -2.16. The Morgan fingerprint density at radius 3 is 2.42 bits per heavy atom. The smallest absolute Gasteiger partial charge is 0.210 e.